The number of para-hydroxylation sites is 1. The van der Waals surface area contributed by atoms with Gasteiger partial charge in [0, 0.05) is 18.0 Å². The highest BCUT2D eigenvalue weighted by Crippen LogP contribution is 2.13. The normalized spacial score (nSPS) is 11.5. The molecule has 3 nitrogen and oxygen atoms in total. The predicted octanol–water partition coefficient (Wildman–Crippen LogP) is 3.59. The van der Waals surface area contributed by atoms with Crippen molar-refractivity contribution in [1.29, 1.82) is 0 Å². The number of nitrogens with one attached hydrogen (secondary N) is 1. The molecule has 2 rings (SSSR count). The lowest BCUT2D eigenvalue weighted by Crippen LogP contribution is -2.23. The Morgan fingerprint density at radius 1 is 1.11 bits per heavy atom. The van der Waals surface area contributed by atoms with Crippen LogP contribution in [0.25, 0.3) is 10.9 Å². The molecule has 0 radical (unpaired) electrons. The minimum absolute atomic E-state index is 0.607. The van der Waals surface area contributed by atoms with Crippen LogP contribution < -0.4 is 5.32 Å². The molecule has 0 aliphatic rings. The Balaban J connectivity index is 1.66. The maximum atomic E-state index is 4.46. The number of hydrogen-bond donors (Lipinski definition) is 1. The summed E-state index contributed by atoms with van der Waals surface area (Å²) in [6.45, 7) is 6.57. The van der Waals surface area contributed by atoms with Crippen LogP contribution in [0.5, 0.6) is 0 Å². The molecule has 0 aliphatic heterocycles. The summed E-state index contributed by atoms with van der Waals surface area (Å²) in [5.74, 6) is 0. The smallest absolute Gasteiger partial charge is 0.0682 e. The van der Waals surface area contributed by atoms with Crippen molar-refractivity contribution in [3.8, 4) is 0 Å². The summed E-state index contributed by atoms with van der Waals surface area (Å²) in [5.41, 5.74) is 1.25. The van der Waals surface area contributed by atoms with Crippen LogP contribution in [0.1, 0.15) is 39.5 Å². The van der Waals surface area contributed by atoms with Gasteiger partial charge in [0.05, 0.1) is 11.7 Å². The van der Waals surface area contributed by atoms with E-state index in [1.54, 1.807) is 0 Å². The van der Waals surface area contributed by atoms with E-state index in [4.69, 9.17) is 0 Å². The average molecular weight is 259 g/mol. The first-order chi connectivity index (χ1) is 9.27. The van der Waals surface area contributed by atoms with Gasteiger partial charge in [0.15, 0.2) is 0 Å². The van der Waals surface area contributed by atoms with Gasteiger partial charge in [-0.3, -0.25) is 4.68 Å². The molecule has 1 N–H and O–H groups in total. The van der Waals surface area contributed by atoms with Crippen LogP contribution in [-0.2, 0) is 6.54 Å². The highest BCUT2D eigenvalue weighted by atomic mass is 15.3. The highest BCUT2D eigenvalue weighted by Gasteiger charge is 2.00. The molecule has 0 saturated heterocycles. The molecule has 1 aromatic heterocycles. The van der Waals surface area contributed by atoms with Crippen LogP contribution in [0.15, 0.2) is 30.5 Å². The van der Waals surface area contributed by atoms with E-state index in [9.17, 15) is 0 Å². The number of hydrogen-bond acceptors (Lipinski definition) is 2. The number of aryl methyl sites for hydroxylation is 1. The zero-order chi connectivity index (χ0) is 13.5. The van der Waals surface area contributed by atoms with Crippen molar-refractivity contribution >= 4 is 10.9 Å². The first-order valence-corrected chi connectivity index (χ1v) is 7.41. The summed E-state index contributed by atoms with van der Waals surface area (Å²) in [5, 5.41) is 9.15. The van der Waals surface area contributed by atoms with Crippen LogP contribution in [0.3, 0.4) is 0 Å². The fourth-order valence-electron chi connectivity index (χ4n) is 2.33. The van der Waals surface area contributed by atoms with E-state index < -0.39 is 0 Å². The second-order valence-corrected chi connectivity index (χ2v) is 5.45. The van der Waals surface area contributed by atoms with Crippen LogP contribution in [0.4, 0.5) is 0 Å². The molecule has 2 aromatic rings. The van der Waals surface area contributed by atoms with E-state index in [0.717, 1.165) is 13.1 Å². The van der Waals surface area contributed by atoms with Gasteiger partial charge in [-0.05, 0) is 25.5 Å². The quantitative estimate of drug-likeness (QED) is 0.734. The molecule has 0 amide bonds. The van der Waals surface area contributed by atoms with Crippen LogP contribution in [0.2, 0.25) is 0 Å². The molecule has 1 heterocycles. The number of unbranched alkanes of at least 4 members (excludes halogenated alkanes) is 3. The molecular formula is C16H25N3. The van der Waals surface area contributed by atoms with Crippen molar-refractivity contribution in [2.75, 3.05) is 6.54 Å². The fraction of sp³-hybridized carbons (Fsp3) is 0.562. The van der Waals surface area contributed by atoms with Gasteiger partial charge in [0.25, 0.3) is 0 Å². The first-order valence-electron chi connectivity index (χ1n) is 7.41. The Morgan fingerprint density at radius 2 is 1.89 bits per heavy atom. The number of rotatable bonds is 8. The van der Waals surface area contributed by atoms with E-state index in [-0.39, 0.29) is 0 Å². The van der Waals surface area contributed by atoms with Crippen molar-refractivity contribution in [1.82, 2.24) is 15.1 Å². The van der Waals surface area contributed by atoms with Crippen LogP contribution in [0, 0.1) is 0 Å². The predicted molar refractivity (Wildman–Crippen MR) is 81.3 cm³/mol. The molecule has 0 spiro atoms. The number of aromatic nitrogens is 2. The van der Waals surface area contributed by atoms with Crippen molar-refractivity contribution in [3.05, 3.63) is 30.5 Å². The molecule has 0 aliphatic carbocycles. The summed E-state index contributed by atoms with van der Waals surface area (Å²) >= 11 is 0. The summed E-state index contributed by atoms with van der Waals surface area (Å²) in [6, 6.07) is 9.02. The fourth-order valence-corrected chi connectivity index (χ4v) is 2.33. The lowest BCUT2D eigenvalue weighted by molar-refractivity contribution is 0.516. The van der Waals surface area contributed by atoms with Crippen LogP contribution >= 0.6 is 0 Å². The maximum absolute atomic E-state index is 4.46. The summed E-state index contributed by atoms with van der Waals surface area (Å²) in [7, 11) is 0. The molecule has 0 fully saturated rings. The highest BCUT2D eigenvalue weighted by molar-refractivity contribution is 5.78. The van der Waals surface area contributed by atoms with Gasteiger partial charge in [0.1, 0.15) is 0 Å². The van der Waals surface area contributed by atoms with Gasteiger partial charge in [0.2, 0.25) is 0 Å². The number of nitrogens with zero attached hydrogens (tertiary/aromatic N) is 2. The van der Waals surface area contributed by atoms with Crippen molar-refractivity contribution < 1.29 is 0 Å². The third-order valence-electron chi connectivity index (χ3n) is 3.40. The third kappa shape index (κ3) is 4.35. The molecule has 3 heteroatoms. The SMILES string of the molecule is CC(C)NCCCCCCn1ncc2ccccc21. The lowest BCUT2D eigenvalue weighted by atomic mass is 10.2. The van der Waals surface area contributed by atoms with E-state index in [1.807, 2.05) is 6.20 Å². The monoisotopic (exact) mass is 259 g/mol. The standard InChI is InChI=1S/C16H25N3/c1-14(2)17-11-7-3-4-8-12-19-16-10-6-5-9-15(16)13-18-19/h5-6,9-10,13-14,17H,3-4,7-8,11-12H2,1-2H3. The Labute approximate surface area is 116 Å². The molecule has 0 bridgehead atoms. The minimum atomic E-state index is 0.607. The summed E-state index contributed by atoms with van der Waals surface area (Å²) in [4.78, 5) is 0. The molecule has 0 atom stereocenters. The van der Waals surface area contributed by atoms with Gasteiger partial charge in [-0.25, -0.2) is 0 Å². The van der Waals surface area contributed by atoms with Gasteiger partial charge >= 0.3 is 0 Å². The van der Waals surface area contributed by atoms with Crippen molar-refractivity contribution in [3.63, 3.8) is 0 Å². The summed E-state index contributed by atoms with van der Waals surface area (Å²) < 4.78 is 2.13. The molecule has 19 heavy (non-hydrogen) atoms. The topological polar surface area (TPSA) is 29.9 Å². The van der Waals surface area contributed by atoms with Gasteiger partial charge < -0.3 is 5.32 Å². The molecular weight excluding hydrogens is 234 g/mol. The molecule has 0 saturated carbocycles. The molecule has 104 valence electrons. The van der Waals surface area contributed by atoms with Crippen LogP contribution in [-0.4, -0.2) is 22.4 Å². The first kappa shape index (κ1) is 14.1. The zero-order valence-corrected chi connectivity index (χ0v) is 12.1. The summed E-state index contributed by atoms with van der Waals surface area (Å²) in [6.07, 6.45) is 7.04. The van der Waals surface area contributed by atoms with E-state index in [1.165, 1.54) is 36.6 Å². The minimum Gasteiger partial charge on any atom is -0.315 e. The van der Waals surface area contributed by atoms with E-state index >= 15 is 0 Å². The molecule has 1 aromatic carbocycles. The average Bonchev–Trinajstić information content (AvgIpc) is 2.81. The Hall–Kier alpha value is -1.35. The Bertz CT molecular complexity index is 487. The number of fused-ring (bicyclic) bond motifs is 1. The second-order valence-electron chi connectivity index (χ2n) is 5.45. The van der Waals surface area contributed by atoms with Crippen molar-refractivity contribution in [2.45, 2.75) is 52.1 Å². The third-order valence-corrected chi connectivity index (χ3v) is 3.40. The zero-order valence-electron chi connectivity index (χ0n) is 12.1. The largest absolute Gasteiger partial charge is 0.315 e. The van der Waals surface area contributed by atoms with E-state index in [2.05, 4.69) is 53.2 Å². The second kappa shape index (κ2) is 7.29. The lowest BCUT2D eigenvalue weighted by Gasteiger charge is -2.07. The Morgan fingerprint density at radius 3 is 2.74 bits per heavy atom. The van der Waals surface area contributed by atoms with E-state index in [0.29, 0.717) is 6.04 Å². The molecule has 0 unspecified atom stereocenters. The Kier molecular flexibility index (Phi) is 5.40. The van der Waals surface area contributed by atoms with Gasteiger partial charge in [-0.2, -0.15) is 5.10 Å². The van der Waals surface area contributed by atoms with Gasteiger partial charge in [-0.1, -0.05) is 44.9 Å². The number of benzene rings is 1. The maximum Gasteiger partial charge on any atom is 0.0682 e. The van der Waals surface area contributed by atoms with Gasteiger partial charge in [-0.15, -0.1) is 0 Å². The van der Waals surface area contributed by atoms with Crippen molar-refractivity contribution in [2.24, 2.45) is 0 Å².